The van der Waals surface area contributed by atoms with Crippen molar-refractivity contribution in [3.63, 3.8) is 0 Å². The molecular weight excluding hydrogens is 373 g/mol. The third-order valence-corrected chi connectivity index (χ3v) is 6.88. The molecule has 0 bridgehead atoms. The minimum atomic E-state index is -3.92. The number of sulfone groups is 1. The van der Waals surface area contributed by atoms with Gasteiger partial charge < -0.3 is 4.42 Å². The van der Waals surface area contributed by atoms with Crippen LogP contribution in [0.3, 0.4) is 0 Å². The number of rotatable bonds is 6. The van der Waals surface area contributed by atoms with Crippen molar-refractivity contribution in [3.05, 3.63) is 60.4 Å². The molecule has 2 aromatic carbocycles. The normalized spacial score (nSPS) is 12.9. The summed E-state index contributed by atoms with van der Waals surface area (Å²) in [6, 6.07) is 13.8. The summed E-state index contributed by atoms with van der Waals surface area (Å²) in [5.41, 5.74) is 0.694. The first-order valence-corrected chi connectivity index (χ1v) is 10.5. The van der Waals surface area contributed by atoms with E-state index in [1.165, 1.54) is 23.9 Å². The van der Waals surface area contributed by atoms with Crippen molar-refractivity contribution in [2.75, 3.05) is 0 Å². The van der Waals surface area contributed by atoms with Gasteiger partial charge in [-0.15, -0.1) is 0 Å². The van der Waals surface area contributed by atoms with Gasteiger partial charge in [-0.25, -0.2) is 12.8 Å². The fourth-order valence-corrected chi connectivity index (χ4v) is 4.69. The van der Waals surface area contributed by atoms with E-state index in [1.807, 2.05) is 32.0 Å². The van der Waals surface area contributed by atoms with Crippen molar-refractivity contribution in [1.82, 2.24) is 4.98 Å². The van der Waals surface area contributed by atoms with E-state index in [4.69, 9.17) is 4.42 Å². The van der Waals surface area contributed by atoms with E-state index >= 15 is 0 Å². The molecule has 4 nitrogen and oxygen atoms in total. The van der Waals surface area contributed by atoms with Crippen molar-refractivity contribution >= 4 is 21.6 Å². The van der Waals surface area contributed by atoms with Gasteiger partial charge in [0.15, 0.2) is 0 Å². The minimum Gasteiger partial charge on any atom is -0.428 e. The molecule has 0 spiro atoms. The standard InChI is InChI=1S/C19H18FNO3S2/c1-3-13(2)25-19-18(21-17(24-19)14-7-5-4-6-8-14)26(22,23)16-11-9-15(20)10-12-16/h4-13H,3H2,1-2H3/t13-/m0/s1. The Balaban J connectivity index is 2.12. The molecule has 7 heteroatoms. The number of nitrogens with zero attached hydrogens (tertiary/aromatic N) is 1. The smallest absolute Gasteiger partial charge is 0.228 e. The van der Waals surface area contributed by atoms with Crippen LogP contribution in [0.2, 0.25) is 0 Å². The van der Waals surface area contributed by atoms with E-state index in [-0.39, 0.29) is 26.2 Å². The highest BCUT2D eigenvalue weighted by molar-refractivity contribution is 8.00. The van der Waals surface area contributed by atoms with Gasteiger partial charge in [-0.3, -0.25) is 0 Å². The van der Waals surface area contributed by atoms with Crippen LogP contribution in [0.1, 0.15) is 20.3 Å². The van der Waals surface area contributed by atoms with Crippen LogP contribution in [0.15, 0.2) is 74.0 Å². The lowest BCUT2D eigenvalue weighted by atomic mass is 10.2. The molecule has 0 saturated carbocycles. The largest absolute Gasteiger partial charge is 0.428 e. The number of hydrogen-bond acceptors (Lipinski definition) is 5. The van der Waals surface area contributed by atoms with Gasteiger partial charge in [0.25, 0.3) is 0 Å². The Morgan fingerprint density at radius 1 is 1.12 bits per heavy atom. The van der Waals surface area contributed by atoms with Crippen molar-refractivity contribution in [3.8, 4) is 11.5 Å². The van der Waals surface area contributed by atoms with Crippen molar-refractivity contribution in [2.24, 2.45) is 0 Å². The second-order valence-corrected chi connectivity index (χ2v) is 9.05. The van der Waals surface area contributed by atoms with Crippen molar-refractivity contribution in [1.29, 1.82) is 0 Å². The summed E-state index contributed by atoms with van der Waals surface area (Å²) in [6.45, 7) is 4.00. The molecule has 0 aliphatic heterocycles. The number of benzene rings is 2. The number of aromatic nitrogens is 1. The van der Waals surface area contributed by atoms with Crippen molar-refractivity contribution in [2.45, 2.75) is 40.5 Å². The fourth-order valence-electron chi connectivity index (χ4n) is 2.23. The van der Waals surface area contributed by atoms with E-state index in [1.54, 1.807) is 12.1 Å². The lowest BCUT2D eigenvalue weighted by Crippen LogP contribution is -2.05. The summed E-state index contributed by atoms with van der Waals surface area (Å²) in [5, 5.41) is 0.282. The van der Waals surface area contributed by atoms with Crippen LogP contribution in [0, 0.1) is 5.82 Å². The van der Waals surface area contributed by atoms with Gasteiger partial charge >= 0.3 is 0 Å². The Morgan fingerprint density at radius 3 is 2.38 bits per heavy atom. The second kappa shape index (κ2) is 7.63. The Kier molecular flexibility index (Phi) is 5.48. The Morgan fingerprint density at radius 2 is 1.77 bits per heavy atom. The SMILES string of the molecule is CC[C@H](C)Sc1oc(-c2ccccc2)nc1S(=O)(=O)c1ccc(F)cc1. The fraction of sp³-hybridized carbons (Fsp3) is 0.211. The van der Waals surface area contributed by atoms with Crippen LogP contribution in [0.25, 0.3) is 11.5 Å². The molecule has 0 radical (unpaired) electrons. The van der Waals surface area contributed by atoms with Crippen LogP contribution in [0.5, 0.6) is 0 Å². The van der Waals surface area contributed by atoms with Crippen LogP contribution >= 0.6 is 11.8 Å². The molecule has 0 aliphatic rings. The highest BCUT2D eigenvalue weighted by Crippen LogP contribution is 2.37. The first-order valence-electron chi connectivity index (χ1n) is 8.15. The second-order valence-electron chi connectivity index (χ2n) is 5.77. The Hall–Kier alpha value is -2.12. The third-order valence-electron chi connectivity index (χ3n) is 3.85. The zero-order chi connectivity index (χ0) is 18.7. The monoisotopic (exact) mass is 391 g/mol. The van der Waals surface area contributed by atoms with Gasteiger partial charge in [-0.05, 0) is 42.8 Å². The molecule has 0 fully saturated rings. The predicted octanol–water partition coefficient (Wildman–Crippen LogP) is 5.20. The first-order chi connectivity index (χ1) is 12.4. The van der Waals surface area contributed by atoms with Crippen molar-refractivity contribution < 1.29 is 17.2 Å². The molecule has 0 saturated heterocycles. The first kappa shape index (κ1) is 18.7. The number of hydrogen-bond donors (Lipinski definition) is 0. The Labute approximate surface area is 156 Å². The third kappa shape index (κ3) is 3.83. The van der Waals surface area contributed by atoms with Gasteiger partial charge in [0.05, 0.1) is 4.90 Å². The minimum absolute atomic E-state index is 0.0159. The molecule has 0 N–H and O–H groups in total. The summed E-state index contributed by atoms with van der Waals surface area (Å²) < 4.78 is 45.0. The van der Waals surface area contributed by atoms with Gasteiger partial charge in [-0.1, -0.05) is 43.8 Å². The maximum absolute atomic E-state index is 13.2. The average Bonchev–Trinajstić information content (AvgIpc) is 3.07. The lowest BCUT2D eigenvalue weighted by molar-refractivity contribution is 0.469. The summed E-state index contributed by atoms with van der Waals surface area (Å²) in [4.78, 5) is 4.25. The van der Waals surface area contributed by atoms with Crippen LogP contribution in [-0.2, 0) is 9.84 Å². The molecule has 1 aromatic heterocycles. The lowest BCUT2D eigenvalue weighted by Gasteiger charge is -2.07. The zero-order valence-corrected chi connectivity index (χ0v) is 16.0. The maximum Gasteiger partial charge on any atom is 0.228 e. The van der Waals surface area contributed by atoms with E-state index < -0.39 is 15.7 Å². The van der Waals surface area contributed by atoms with E-state index in [2.05, 4.69) is 4.98 Å². The summed E-state index contributed by atoms with van der Waals surface area (Å²) in [6.07, 6.45) is 0.849. The molecule has 0 aliphatic carbocycles. The topological polar surface area (TPSA) is 60.2 Å². The summed E-state index contributed by atoms with van der Waals surface area (Å²) in [5.74, 6) is -0.250. The number of oxazole rings is 1. The molecule has 0 unspecified atom stereocenters. The zero-order valence-electron chi connectivity index (χ0n) is 14.3. The van der Waals surface area contributed by atoms with Gasteiger partial charge in [-0.2, -0.15) is 4.98 Å². The van der Waals surface area contributed by atoms with E-state index in [0.717, 1.165) is 18.6 Å². The highest BCUT2D eigenvalue weighted by Gasteiger charge is 2.29. The van der Waals surface area contributed by atoms with Crippen LogP contribution < -0.4 is 0 Å². The number of halogens is 1. The van der Waals surface area contributed by atoms with E-state index in [9.17, 15) is 12.8 Å². The number of thioether (sulfide) groups is 1. The summed E-state index contributed by atoms with van der Waals surface area (Å²) in [7, 11) is -3.92. The van der Waals surface area contributed by atoms with Gasteiger partial charge in [0.2, 0.25) is 25.8 Å². The average molecular weight is 391 g/mol. The molecule has 1 heterocycles. The molecule has 0 amide bonds. The summed E-state index contributed by atoms with van der Waals surface area (Å²) >= 11 is 1.33. The van der Waals surface area contributed by atoms with E-state index in [0.29, 0.717) is 5.56 Å². The van der Waals surface area contributed by atoms with Gasteiger partial charge in [0, 0.05) is 10.8 Å². The molecule has 136 valence electrons. The Bertz CT molecular complexity index is 983. The predicted molar refractivity (Wildman–Crippen MR) is 99.4 cm³/mol. The molecule has 3 rings (SSSR count). The molecule has 26 heavy (non-hydrogen) atoms. The molecule has 3 aromatic rings. The molecular formula is C19H18FNO3S2. The maximum atomic E-state index is 13.2. The highest BCUT2D eigenvalue weighted by atomic mass is 32.2. The molecule has 1 atom stereocenters. The van der Waals surface area contributed by atoms with Crippen LogP contribution in [-0.4, -0.2) is 18.7 Å². The quantitative estimate of drug-likeness (QED) is 0.427. The van der Waals surface area contributed by atoms with Gasteiger partial charge in [0.1, 0.15) is 5.82 Å². The van der Waals surface area contributed by atoms with Crippen LogP contribution in [0.4, 0.5) is 4.39 Å².